The van der Waals surface area contributed by atoms with Gasteiger partial charge in [-0.05, 0) is 37.2 Å². The van der Waals surface area contributed by atoms with E-state index >= 15 is 0 Å². The smallest absolute Gasteiger partial charge is 0.115 e. The summed E-state index contributed by atoms with van der Waals surface area (Å²) < 4.78 is 0. The van der Waals surface area contributed by atoms with Gasteiger partial charge in [-0.3, -0.25) is 0 Å². The molecule has 3 nitrogen and oxygen atoms in total. The number of hydrogen-bond acceptors (Lipinski definition) is 4. The van der Waals surface area contributed by atoms with Crippen molar-refractivity contribution in [3.8, 4) is 17.0 Å². The lowest BCUT2D eigenvalue weighted by Crippen LogP contribution is -1.99. The number of hydrogen-bond donors (Lipinski definition) is 2. The molecular weight excluding hydrogens is 220 g/mol. The lowest BCUT2D eigenvalue weighted by Gasteiger charge is -1.96. The zero-order valence-corrected chi connectivity index (χ0v) is 9.70. The second-order valence-electron chi connectivity index (χ2n) is 3.57. The van der Waals surface area contributed by atoms with Gasteiger partial charge < -0.3 is 10.8 Å². The highest BCUT2D eigenvalue weighted by atomic mass is 32.1. The summed E-state index contributed by atoms with van der Waals surface area (Å²) in [4.78, 5) is 4.53. The molecule has 0 bridgehead atoms. The maximum absolute atomic E-state index is 9.19. The molecule has 0 saturated carbocycles. The first-order chi connectivity index (χ1) is 7.79. The number of benzene rings is 1. The van der Waals surface area contributed by atoms with Crippen LogP contribution in [0, 0.1) is 0 Å². The van der Waals surface area contributed by atoms with Crippen LogP contribution in [0.1, 0.15) is 11.4 Å². The molecule has 0 unspecified atom stereocenters. The van der Waals surface area contributed by atoms with E-state index < -0.39 is 0 Å². The fourth-order valence-corrected chi connectivity index (χ4v) is 2.29. The molecule has 0 spiro atoms. The first kappa shape index (κ1) is 11.1. The Hall–Kier alpha value is -1.39. The van der Waals surface area contributed by atoms with Crippen LogP contribution in [0.4, 0.5) is 0 Å². The number of nitrogens with zero attached hydrogens (tertiary/aromatic N) is 1. The Bertz CT molecular complexity index is 450. The summed E-state index contributed by atoms with van der Waals surface area (Å²) >= 11 is 1.66. The van der Waals surface area contributed by atoms with Gasteiger partial charge in [-0.25, -0.2) is 4.98 Å². The molecule has 2 rings (SSSR count). The highest BCUT2D eigenvalue weighted by molar-refractivity contribution is 7.09. The van der Waals surface area contributed by atoms with Crippen LogP contribution < -0.4 is 5.73 Å². The monoisotopic (exact) mass is 234 g/mol. The van der Waals surface area contributed by atoms with E-state index in [4.69, 9.17) is 5.73 Å². The van der Waals surface area contributed by atoms with Crippen molar-refractivity contribution >= 4 is 11.3 Å². The van der Waals surface area contributed by atoms with Gasteiger partial charge in [0.25, 0.3) is 0 Å². The van der Waals surface area contributed by atoms with E-state index in [2.05, 4.69) is 4.98 Å². The van der Waals surface area contributed by atoms with E-state index in [9.17, 15) is 5.11 Å². The Morgan fingerprint density at radius 1 is 1.25 bits per heavy atom. The van der Waals surface area contributed by atoms with Crippen molar-refractivity contribution in [2.24, 2.45) is 5.73 Å². The van der Waals surface area contributed by atoms with Gasteiger partial charge in [0.05, 0.1) is 10.7 Å². The molecule has 0 atom stereocenters. The standard InChI is InChI=1S/C12H14N2OS/c13-7-1-2-12-14-11(8-16-12)9-3-5-10(15)6-4-9/h3-6,8,15H,1-2,7,13H2. The number of aryl methyl sites for hydroxylation is 1. The molecule has 16 heavy (non-hydrogen) atoms. The molecular formula is C12H14N2OS. The number of thiazole rings is 1. The summed E-state index contributed by atoms with van der Waals surface area (Å²) in [5.41, 5.74) is 7.46. The maximum atomic E-state index is 9.19. The molecule has 0 saturated heterocycles. The average molecular weight is 234 g/mol. The van der Waals surface area contributed by atoms with Crippen LogP contribution in [0.25, 0.3) is 11.3 Å². The molecule has 0 radical (unpaired) electrons. The first-order valence-corrected chi connectivity index (χ1v) is 6.11. The van der Waals surface area contributed by atoms with Gasteiger partial charge in [-0.15, -0.1) is 11.3 Å². The summed E-state index contributed by atoms with van der Waals surface area (Å²) in [5.74, 6) is 0.280. The number of rotatable bonds is 4. The second-order valence-corrected chi connectivity index (χ2v) is 4.51. The molecule has 1 heterocycles. The largest absolute Gasteiger partial charge is 0.508 e. The highest BCUT2D eigenvalue weighted by Crippen LogP contribution is 2.24. The molecule has 0 amide bonds. The second kappa shape index (κ2) is 5.09. The number of aromatic nitrogens is 1. The van der Waals surface area contributed by atoms with Gasteiger partial charge in [0.1, 0.15) is 5.75 Å². The zero-order valence-electron chi connectivity index (χ0n) is 8.89. The third kappa shape index (κ3) is 2.59. The molecule has 4 heteroatoms. The van der Waals surface area contributed by atoms with Crippen molar-refractivity contribution in [3.63, 3.8) is 0 Å². The lowest BCUT2D eigenvalue weighted by molar-refractivity contribution is 0.475. The third-order valence-electron chi connectivity index (χ3n) is 2.31. The minimum atomic E-state index is 0.280. The third-order valence-corrected chi connectivity index (χ3v) is 3.22. The molecule has 0 aliphatic rings. The summed E-state index contributed by atoms with van der Waals surface area (Å²) in [6.07, 6.45) is 1.92. The molecule has 0 aliphatic carbocycles. The molecule has 1 aromatic heterocycles. The van der Waals surface area contributed by atoms with Crippen molar-refractivity contribution in [2.75, 3.05) is 6.54 Å². The van der Waals surface area contributed by atoms with E-state index in [0.29, 0.717) is 6.54 Å². The van der Waals surface area contributed by atoms with Crippen LogP contribution in [0.5, 0.6) is 5.75 Å². The molecule has 2 aromatic rings. The number of phenols is 1. The SMILES string of the molecule is NCCCc1nc(-c2ccc(O)cc2)cs1. The Balaban J connectivity index is 2.15. The quantitative estimate of drug-likeness (QED) is 0.854. The summed E-state index contributed by atoms with van der Waals surface area (Å²) in [7, 11) is 0. The highest BCUT2D eigenvalue weighted by Gasteiger charge is 2.04. The van der Waals surface area contributed by atoms with E-state index in [-0.39, 0.29) is 5.75 Å². The van der Waals surface area contributed by atoms with E-state index in [1.165, 1.54) is 0 Å². The Labute approximate surface area is 98.6 Å². The minimum Gasteiger partial charge on any atom is -0.508 e. The predicted octanol–water partition coefficient (Wildman–Crippen LogP) is 2.41. The number of nitrogens with two attached hydrogens (primary N) is 1. The van der Waals surface area contributed by atoms with Crippen molar-refractivity contribution in [1.29, 1.82) is 0 Å². The van der Waals surface area contributed by atoms with Crippen molar-refractivity contribution in [2.45, 2.75) is 12.8 Å². The molecule has 1 aromatic carbocycles. The fraction of sp³-hybridized carbons (Fsp3) is 0.250. The zero-order chi connectivity index (χ0) is 11.4. The van der Waals surface area contributed by atoms with Crippen LogP contribution in [-0.4, -0.2) is 16.6 Å². The summed E-state index contributed by atoms with van der Waals surface area (Å²) in [5, 5.41) is 12.4. The molecule has 0 fully saturated rings. The molecule has 0 aliphatic heterocycles. The van der Waals surface area contributed by atoms with Gasteiger partial charge >= 0.3 is 0 Å². The summed E-state index contributed by atoms with van der Waals surface area (Å²) in [6.45, 7) is 0.703. The first-order valence-electron chi connectivity index (χ1n) is 5.23. The lowest BCUT2D eigenvalue weighted by atomic mass is 10.2. The van der Waals surface area contributed by atoms with Gasteiger partial charge in [0, 0.05) is 17.4 Å². The molecule has 3 N–H and O–H groups in total. The van der Waals surface area contributed by atoms with E-state index in [0.717, 1.165) is 29.1 Å². The fourth-order valence-electron chi connectivity index (χ4n) is 1.44. The van der Waals surface area contributed by atoms with Gasteiger partial charge in [0.2, 0.25) is 0 Å². The van der Waals surface area contributed by atoms with Crippen LogP contribution in [0.15, 0.2) is 29.6 Å². The normalized spacial score (nSPS) is 10.6. The predicted molar refractivity (Wildman–Crippen MR) is 66.6 cm³/mol. The maximum Gasteiger partial charge on any atom is 0.115 e. The molecule has 84 valence electrons. The van der Waals surface area contributed by atoms with E-state index in [1.807, 2.05) is 17.5 Å². The van der Waals surface area contributed by atoms with Crippen LogP contribution in [0.3, 0.4) is 0 Å². The van der Waals surface area contributed by atoms with Gasteiger partial charge in [0.15, 0.2) is 0 Å². The van der Waals surface area contributed by atoms with Crippen LogP contribution in [-0.2, 0) is 6.42 Å². The number of phenolic OH excluding ortho intramolecular Hbond substituents is 1. The van der Waals surface area contributed by atoms with Crippen LogP contribution >= 0.6 is 11.3 Å². The van der Waals surface area contributed by atoms with Crippen molar-refractivity contribution in [1.82, 2.24) is 4.98 Å². The van der Waals surface area contributed by atoms with Crippen LogP contribution in [0.2, 0.25) is 0 Å². The van der Waals surface area contributed by atoms with Crippen molar-refractivity contribution < 1.29 is 5.11 Å². The Morgan fingerprint density at radius 3 is 2.69 bits per heavy atom. The van der Waals surface area contributed by atoms with Gasteiger partial charge in [-0.2, -0.15) is 0 Å². The Morgan fingerprint density at radius 2 is 2.00 bits per heavy atom. The van der Waals surface area contributed by atoms with Gasteiger partial charge in [-0.1, -0.05) is 0 Å². The average Bonchev–Trinajstić information content (AvgIpc) is 2.76. The summed E-state index contributed by atoms with van der Waals surface area (Å²) in [6, 6.07) is 7.09. The van der Waals surface area contributed by atoms with Crippen molar-refractivity contribution in [3.05, 3.63) is 34.7 Å². The topological polar surface area (TPSA) is 59.1 Å². The Kier molecular flexibility index (Phi) is 3.54. The van der Waals surface area contributed by atoms with E-state index in [1.54, 1.807) is 23.5 Å². The minimum absolute atomic E-state index is 0.280. The number of aromatic hydroxyl groups is 1.